The van der Waals surface area contributed by atoms with Crippen molar-refractivity contribution in [3.63, 3.8) is 0 Å². The molecular formula is C26H32ClN3O5. The molecule has 3 atom stereocenters. The van der Waals surface area contributed by atoms with Crippen molar-refractivity contribution >= 4 is 35.2 Å². The summed E-state index contributed by atoms with van der Waals surface area (Å²) in [6.07, 6.45) is 5.98. The number of carboxylic acid groups (broad SMARTS) is 1. The number of benzene rings is 1. The minimum absolute atomic E-state index is 0.109. The Morgan fingerprint density at radius 3 is 2.46 bits per heavy atom. The first-order chi connectivity index (χ1) is 16.6. The second-order valence-electron chi connectivity index (χ2n) is 11.7. The van der Waals surface area contributed by atoms with Gasteiger partial charge in [-0.25, -0.2) is 4.79 Å². The number of nitrogens with one attached hydrogen (secondary N) is 2. The van der Waals surface area contributed by atoms with Crippen molar-refractivity contribution in [3.05, 3.63) is 28.8 Å². The molecule has 3 unspecified atom stereocenters. The largest absolute Gasteiger partial charge is 0.465 e. The molecule has 1 aromatic rings. The Morgan fingerprint density at radius 2 is 1.86 bits per heavy atom. The number of anilines is 1. The Kier molecular flexibility index (Phi) is 5.35. The highest BCUT2D eigenvalue weighted by molar-refractivity contribution is 6.31. The summed E-state index contributed by atoms with van der Waals surface area (Å²) in [5.74, 6) is 1.18. The highest BCUT2D eigenvalue weighted by Crippen LogP contribution is 2.57. The van der Waals surface area contributed by atoms with Crippen LogP contribution in [0, 0.1) is 23.7 Å². The molecule has 1 heterocycles. The van der Waals surface area contributed by atoms with E-state index in [0.717, 1.165) is 50.6 Å². The van der Waals surface area contributed by atoms with Crippen LogP contribution in [0.5, 0.6) is 0 Å². The predicted octanol–water partition coefficient (Wildman–Crippen LogP) is 3.41. The van der Waals surface area contributed by atoms with E-state index in [4.69, 9.17) is 16.7 Å². The molecule has 1 aliphatic heterocycles. The number of rotatable bonds is 6. The maximum atomic E-state index is 13.5. The molecule has 9 heteroatoms. The highest BCUT2D eigenvalue weighted by atomic mass is 35.5. The van der Waals surface area contributed by atoms with Gasteiger partial charge in [0, 0.05) is 29.2 Å². The predicted molar refractivity (Wildman–Crippen MR) is 129 cm³/mol. The van der Waals surface area contributed by atoms with Crippen LogP contribution in [0.25, 0.3) is 0 Å². The Labute approximate surface area is 209 Å². The minimum Gasteiger partial charge on any atom is -0.465 e. The molecule has 1 aromatic carbocycles. The van der Waals surface area contributed by atoms with Crippen LogP contribution in [0.1, 0.15) is 56.9 Å². The van der Waals surface area contributed by atoms with E-state index in [1.54, 1.807) is 12.1 Å². The monoisotopic (exact) mass is 501 g/mol. The first kappa shape index (κ1) is 23.1. The van der Waals surface area contributed by atoms with Crippen molar-refractivity contribution < 1.29 is 24.6 Å². The highest BCUT2D eigenvalue weighted by Gasteiger charge is 2.57. The quantitative estimate of drug-likeness (QED) is 0.476. The summed E-state index contributed by atoms with van der Waals surface area (Å²) >= 11 is 6.54. The molecule has 0 aromatic heterocycles. The van der Waals surface area contributed by atoms with Crippen LogP contribution in [0.4, 0.5) is 10.5 Å². The van der Waals surface area contributed by atoms with E-state index in [0.29, 0.717) is 47.7 Å². The molecule has 35 heavy (non-hydrogen) atoms. The molecule has 1 saturated heterocycles. The van der Waals surface area contributed by atoms with Gasteiger partial charge < -0.3 is 25.7 Å². The van der Waals surface area contributed by atoms with E-state index < -0.39 is 17.2 Å². The molecule has 7 rings (SSSR count). The van der Waals surface area contributed by atoms with Gasteiger partial charge in [0.2, 0.25) is 11.8 Å². The summed E-state index contributed by atoms with van der Waals surface area (Å²) < 4.78 is 0. The lowest BCUT2D eigenvalue weighted by molar-refractivity contribution is -0.168. The fourth-order valence-electron chi connectivity index (χ4n) is 7.76. The summed E-state index contributed by atoms with van der Waals surface area (Å²) in [7, 11) is 0. The average molecular weight is 502 g/mol. The van der Waals surface area contributed by atoms with Crippen LogP contribution in [-0.4, -0.2) is 56.7 Å². The Bertz CT molecular complexity index is 1070. The normalized spacial score (nSPS) is 36.3. The van der Waals surface area contributed by atoms with Gasteiger partial charge in [-0.05, 0) is 93.2 Å². The van der Waals surface area contributed by atoms with E-state index in [2.05, 4.69) is 15.5 Å². The lowest BCUT2D eigenvalue weighted by Gasteiger charge is -2.59. The van der Waals surface area contributed by atoms with Crippen molar-refractivity contribution in [2.24, 2.45) is 23.7 Å². The topological polar surface area (TPSA) is 119 Å². The van der Waals surface area contributed by atoms with Gasteiger partial charge in [-0.15, -0.1) is 0 Å². The van der Waals surface area contributed by atoms with Crippen LogP contribution in [-0.2, 0) is 16.0 Å². The molecular weight excluding hydrogens is 470 g/mol. The van der Waals surface area contributed by atoms with E-state index in [-0.39, 0.29) is 23.8 Å². The summed E-state index contributed by atoms with van der Waals surface area (Å²) in [5.41, 5.74) is -0.172. The molecule has 6 fully saturated rings. The van der Waals surface area contributed by atoms with Crippen LogP contribution in [0.15, 0.2) is 18.2 Å². The van der Waals surface area contributed by atoms with Crippen molar-refractivity contribution in [2.75, 3.05) is 11.9 Å². The molecule has 8 nitrogen and oxygen atoms in total. The van der Waals surface area contributed by atoms with Crippen molar-refractivity contribution in [1.82, 2.24) is 10.2 Å². The number of carbonyl (C=O) groups excluding carboxylic acids is 2. The van der Waals surface area contributed by atoms with Crippen LogP contribution in [0.2, 0.25) is 5.02 Å². The molecule has 4 N–H and O–H groups in total. The average Bonchev–Trinajstić information content (AvgIpc) is 3.46. The number of carbonyl (C=O) groups is 3. The van der Waals surface area contributed by atoms with Gasteiger partial charge >= 0.3 is 6.09 Å². The SMILES string of the molecule is O=C(O)NC1(C(=O)Nc2ccc(CC3CCN(C4C5CC6CC4CC(O)(C6)C5)C3=O)c(Cl)c2)CC1. The van der Waals surface area contributed by atoms with Crippen LogP contribution >= 0.6 is 11.6 Å². The second-order valence-corrected chi connectivity index (χ2v) is 12.1. The van der Waals surface area contributed by atoms with Gasteiger partial charge in [0.15, 0.2) is 0 Å². The summed E-state index contributed by atoms with van der Waals surface area (Å²) in [6.45, 7) is 0.773. The number of likely N-dealkylation sites (tertiary alicyclic amines) is 1. The molecule has 5 aliphatic carbocycles. The van der Waals surface area contributed by atoms with Crippen LogP contribution < -0.4 is 10.6 Å². The standard InChI is InChI=1S/C26H32ClN3O5/c27-20-10-19(28-23(32)26(4-5-26)29-24(33)34)2-1-15(20)9-16-3-6-30(22(16)31)21-17-7-14-8-18(21)13-25(35,11-14)12-17/h1-2,10,14,16-18,21,29,35H,3-9,11-13H2,(H,28,32)(H,33,34). The molecule has 6 aliphatic rings. The fourth-order valence-corrected chi connectivity index (χ4v) is 8.01. The number of nitrogens with zero attached hydrogens (tertiary/aromatic N) is 1. The molecule has 0 radical (unpaired) electrons. The maximum absolute atomic E-state index is 13.5. The Balaban J connectivity index is 1.10. The van der Waals surface area contributed by atoms with Gasteiger partial charge in [0.25, 0.3) is 0 Å². The lowest BCUT2D eigenvalue weighted by Crippen LogP contribution is -2.62. The Hall–Kier alpha value is -2.32. The first-order valence-electron chi connectivity index (χ1n) is 12.8. The second kappa shape index (κ2) is 8.10. The number of hydrogen-bond donors (Lipinski definition) is 4. The third-order valence-electron chi connectivity index (χ3n) is 9.21. The fraction of sp³-hybridized carbons (Fsp3) is 0.654. The van der Waals surface area contributed by atoms with E-state index in [1.165, 1.54) is 0 Å². The molecule has 4 bridgehead atoms. The summed E-state index contributed by atoms with van der Waals surface area (Å²) in [6, 6.07) is 5.54. The van der Waals surface area contributed by atoms with Gasteiger partial charge in [-0.1, -0.05) is 17.7 Å². The number of halogens is 1. The van der Waals surface area contributed by atoms with Crippen molar-refractivity contribution in [3.8, 4) is 0 Å². The number of aliphatic hydroxyl groups is 1. The van der Waals surface area contributed by atoms with E-state index in [9.17, 15) is 19.5 Å². The zero-order valence-electron chi connectivity index (χ0n) is 19.6. The van der Waals surface area contributed by atoms with Crippen molar-refractivity contribution in [2.45, 2.75) is 75.0 Å². The molecule has 5 saturated carbocycles. The molecule has 0 spiro atoms. The smallest absolute Gasteiger partial charge is 0.405 e. The zero-order chi connectivity index (χ0) is 24.5. The van der Waals surface area contributed by atoms with Crippen molar-refractivity contribution in [1.29, 1.82) is 0 Å². The van der Waals surface area contributed by atoms with Gasteiger partial charge in [0.05, 0.1) is 5.60 Å². The summed E-state index contributed by atoms with van der Waals surface area (Å²) in [4.78, 5) is 39.0. The number of hydrogen-bond acceptors (Lipinski definition) is 4. The van der Waals surface area contributed by atoms with Gasteiger partial charge in [-0.2, -0.15) is 0 Å². The maximum Gasteiger partial charge on any atom is 0.405 e. The van der Waals surface area contributed by atoms with Gasteiger partial charge in [0.1, 0.15) is 5.54 Å². The van der Waals surface area contributed by atoms with E-state index >= 15 is 0 Å². The lowest BCUT2D eigenvalue weighted by atomic mass is 9.52. The van der Waals surface area contributed by atoms with E-state index in [1.807, 2.05) is 6.07 Å². The zero-order valence-corrected chi connectivity index (χ0v) is 20.4. The third-order valence-corrected chi connectivity index (χ3v) is 9.56. The first-order valence-corrected chi connectivity index (χ1v) is 13.2. The molecule has 3 amide bonds. The number of amides is 3. The van der Waals surface area contributed by atoms with Gasteiger partial charge in [-0.3, -0.25) is 9.59 Å². The minimum atomic E-state index is -1.22. The molecule has 188 valence electrons. The van der Waals surface area contributed by atoms with Crippen LogP contribution in [0.3, 0.4) is 0 Å². The third kappa shape index (κ3) is 4.08. The summed E-state index contributed by atoms with van der Waals surface area (Å²) in [5, 5.41) is 25.4. The Morgan fingerprint density at radius 1 is 1.14 bits per heavy atom.